The lowest BCUT2D eigenvalue weighted by molar-refractivity contribution is 0.220. The highest BCUT2D eigenvalue weighted by atomic mass is 35.5. The van der Waals surface area contributed by atoms with Gasteiger partial charge >= 0.3 is 6.03 Å². The van der Waals surface area contributed by atoms with Gasteiger partial charge < -0.3 is 19.7 Å². The molecule has 0 bridgehead atoms. The average Bonchev–Trinajstić information content (AvgIpc) is 2.56. The number of hydrogen-bond acceptors (Lipinski definition) is 3. The topological polar surface area (TPSA) is 50.8 Å². The third-order valence-corrected chi connectivity index (χ3v) is 3.86. The maximum absolute atomic E-state index is 12.4. The van der Waals surface area contributed by atoms with E-state index in [1.54, 1.807) is 38.3 Å². The molecule has 0 unspecified atom stereocenters. The van der Waals surface area contributed by atoms with Gasteiger partial charge in [0.05, 0.1) is 14.2 Å². The molecule has 0 atom stereocenters. The van der Waals surface area contributed by atoms with Gasteiger partial charge in [-0.25, -0.2) is 4.79 Å². The number of urea groups is 1. The van der Waals surface area contributed by atoms with Gasteiger partial charge in [-0.3, -0.25) is 0 Å². The molecule has 0 spiro atoms. The minimum absolute atomic E-state index is 0.217. The van der Waals surface area contributed by atoms with Crippen LogP contribution >= 0.6 is 11.6 Å². The fraction of sp³-hybridized carbons (Fsp3) is 0.278. The summed E-state index contributed by atoms with van der Waals surface area (Å²) in [6.07, 6.45) is 0. The fourth-order valence-corrected chi connectivity index (χ4v) is 2.52. The van der Waals surface area contributed by atoms with E-state index in [9.17, 15) is 4.79 Å². The Morgan fingerprint density at radius 3 is 2.46 bits per heavy atom. The Kier molecular flexibility index (Phi) is 5.93. The predicted molar refractivity (Wildman–Crippen MR) is 96.2 cm³/mol. The lowest BCUT2D eigenvalue weighted by Gasteiger charge is -2.20. The van der Waals surface area contributed by atoms with Gasteiger partial charge in [-0.2, -0.15) is 0 Å². The summed E-state index contributed by atoms with van der Waals surface area (Å²) < 4.78 is 10.5. The molecule has 2 amide bonds. The molecular weight excluding hydrogens is 328 g/mol. The smallest absolute Gasteiger partial charge is 0.321 e. The first-order valence-corrected chi connectivity index (χ1v) is 7.81. The van der Waals surface area contributed by atoms with Gasteiger partial charge in [0.15, 0.2) is 11.5 Å². The Morgan fingerprint density at radius 1 is 1.17 bits per heavy atom. The van der Waals surface area contributed by atoms with E-state index in [4.69, 9.17) is 21.1 Å². The van der Waals surface area contributed by atoms with Gasteiger partial charge in [-0.05, 0) is 36.2 Å². The maximum atomic E-state index is 12.4. The zero-order valence-electron chi connectivity index (χ0n) is 14.2. The van der Waals surface area contributed by atoms with Crippen LogP contribution in [-0.4, -0.2) is 32.2 Å². The van der Waals surface area contributed by atoms with Crippen molar-refractivity contribution in [3.8, 4) is 11.5 Å². The van der Waals surface area contributed by atoms with E-state index < -0.39 is 0 Å². The molecule has 24 heavy (non-hydrogen) atoms. The molecule has 128 valence electrons. The third kappa shape index (κ3) is 4.32. The molecule has 2 aromatic carbocycles. The summed E-state index contributed by atoms with van der Waals surface area (Å²) in [6, 6.07) is 10.8. The molecule has 0 radical (unpaired) electrons. The minimum Gasteiger partial charge on any atom is -0.493 e. The van der Waals surface area contributed by atoms with E-state index in [2.05, 4.69) is 5.32 Å². The first kappa shape index (κ1) is 17.9. The first-order valence-electron chi connectivity index (χ1n) is 7.43. The average molecular weight is 349 g/mol. The predicted octanol–water partition coefficient (Wildman–Crippen LogP) is 4.33. The Morgan fingerprint density at radius 2 is 1.83 bits per heavy atom. The number of ether oxygens (including phenoxy) is 2. The Labute approximate surface area is 147 Å². The zero-order valence-corrected chi connectivity index (χ0v) is 15.0. The molecule has 5 nitrogen and oxygen atoms in total. The molecule has 0 saturated heterocycles. The van der Waals surface area contributed by atoms with Crippen LogP contribution in [0.15, 0.2) is 36.4 Å². The summed E-state index contributed by atoms with van der Waals surface area (Å²) >= 11 is 5.98. The summed E-state index contributed by atoms with van der Waals surface area (Å²) in [7, 11) is 4.87. The number of methoxy groups -OCH3 is 2. The number of aryl methyl sites for hydroxylation is 1. The molecule has 2 aromatic rings. The molecule has 0 aromatic heterocycles. The molecule has 6 heteroatoms. The van der Waals surface area contributed by atoms with Crippen molar-refractivity contribution in [1.82, 2.24) is 4.90 Å². The summed E-state index contributed by atoms with van der Waals surface area (Å²) in [4.78, 5) is 14.0. The van der Waals surface area contributed by atoms with E-state index in [1.165, 1.54) is 0 Å². The molecular formula is C18H21ClN2O3. The number of carbonyl (C=O) groups is 1. The lowest BCUT2D eigenvalue weighted by atomic mass is 10.1. The van der Waals surface area contributed by atoms with Crippen molar-refractivity contribution in [2.45, 2.75) is 13.5 Å². The van der Waals surface area contributed by atoms with Crippen LogP contribution < -0.4 is 14.8 Å². The van der Waals surface area contributed by atoms with Crippen molar-refractivity contribution in [3.05, 3.63) is 52.5 Å². The lowest BCUT2D eigenvalue weighted by Crippen LogP contribution is -2.31. The van der Waals surface area contributed by atoms with Crippen molar-refractivity contribution < 1.29 is 14.3 Å². The monoisotopic (exact) mass is 348 g/mol. The van der Waals surface area contributed by atoms with Gasteiger partial charge in [-0.15, -0.1) is 0 Å². The summed E-state index contributed by atoms with van der Waals surface area (Å²) in [5.41, 5.74) is 2.52. The normalized spacial score (nSPS) is 10.2. The summed E-state index contributed by atoms with van der Waals surface area (Å²) in [6.45, 7) is 2.35. The molecule has 0 aliphatic rings. The maximum Gasteiger partial charge on any atom is 0.321 e. The van der Waals surface area contributed by atoms with Crippen molar-refractivity contribution in [2.24, 2.45) is 0 Å². The first-order chi connectivity index (χ1) is 11.4. The van der Waals surface area contributed by atoms with Crippen molar-refractivity contribution in [3.63, 3.8) is 0 Å². The van der Waals surface area contributed by atoms with Gasteiger partial charge in [0.2, 0.25) is 0 Å². The molecule has 2 rings (SSSR count). The second-order valence-electron chi connectivity index (χ2n) is 5.44. The molecule has 0 aliphatic carbocycles. The van der Waals surface area contributed by atoms with E-state index in [0.29, 0.717) is 28.8 Å². The van der Waals surface area contributed by atoms with E-state index >= 15 is 0 Å². The molecule has 0 saturated carbocycles. The number of halogens is 1. The Bertz CT molecular complexity index is 734. The molecule has 1 N–H and O–H groups in total. The molecule has 0 fully saturated rings. The largest absolute Gasteiger partial charge is 0.493 e. The van der Waals surface area contributed by atoms with Crippen LogP contribution in [0.4, 0.5) is 10.5 Å². The Balaban J connectivity index is 2.11. The van der Waals surface area contributed by atoms with E-state index in [1.807, 2.05) is 31.2 Å². The van der Waals surface area contributed by atoms with Crippen LogP contribution in [0.25, 0.3) is 0 Å². The second kappa shape index (κ2) is 7.93. The number of hydrogen-bond donors (Lipinski definition) is 1. The third-order valence-electron chi connectivity index (χ3n) is 3.63. The number of carbonyl (C=O) groups excluding carboxylic acids is 1. The van der Waals surface area contributed by atoms with E-state index in [-0.39, 0.29) is 6.03 Å². The second-order valence-corrected chi connectivity index (χ2v) is 5.87. The SMILES string of the molecule is COc1cc(C)c(NC(=O)N(C)Cc2cccc(Cl)c2)cc1OC. The zero-order chi connectivity index (χ0) is 17.7. The fourth-order valence-electron chi connectivity index (χ4n) is 2.31. The number of nitrogens with zero attached hydrogens (tertiary/aromatic N) is 1. The van der Waals surface area contributed by atoms with Crippen LogP contribution in [0.3, 0.4) is 0 Å². The van der Waals surface area contributed by atoms with Gasteiger partial charge in [0.25, 0.3) is 0 Å². The van der Waals surface area contributed by atoms with E-state index in [0.717, 1.165) is 11.1 Å². The van der Waals surface area contributed by atoms with Crippen molar-refractivity contribution in [1.29, 1.82) is 0 Å². The Hall–Kier alpha value is -2.40. The number of amides is 2. The molecule has 0 heterocycles. The number of nitrogens with one attached hydrogen (secondary N) is 1. The van der Waals surface area contributed by atoms with Gasteiger partial charge in [0.1, 0.15) is 0 Å². The highest BCUT2D eigenvalue weighted by Crippen LogP contribution is 2.33. The van der Waals surface area contributed by atoms with Crippen LogP contribution in [-0.2, 0) is 6.54 Å². The van der Waals surface area contributed by atoms with Crippen LogP contribution in [0.1, 0.15) is 11.1 Å². The van der Waals surface area contributed by atoms with Crippen LogP contribution in [0, 0.1) is 6.92 Å². The summed E-state index contributed by atoms with van der Waals surface area (Å²) in [5.74, 6) is 1.19. The van der Waals surface area contributed by atoms with Gasteiger partial charge in [-0.1, -0.05) is 23.7 Å². The quantitative estimate of drug-likeness (QED) is 0.875. The minimum atomic E-state index is -0.217. The number of anilines is 1. The van der Waals surface area contributed by atoms with Gasteiger partial charge in [0, 0.05) is 30.4 Å². The summed E-state index contributed by atoms with van der Waals surface area (Å²) in [5, 5.41) is 3.54. The molecule has 0 aliphatic heterocycles. The number of benzene rings is 2. The van der Waals surface area contributed by atoms with Crippen LogP contribution in [0.2, 0.25) is 5.02 Å². The number of rotatable bonds is 5. The standard InChI is InChI=1S/C18H21ClN2O3/c1-12-8-16(23-3)17(24-4)10-15(12)20-18(22)21(2)11-13-6-5-7-14(19)9-13/h5-10H,11H2,1-4H3,(H,20,22). The highest BCUT2D eigenvalue weighted by Gasteiger charge is 2.14. The van der Waals surface area contributed by atoms with Crippen molar-refractivity contribution >= 4 is 23.3 Å². The highest BCUT2D eigenvalue weighted by molar-refractivity contribution is 6.30. The van der Waals surface area contributed by atoms with Crippen LogP contribution in [0.5, 0.6) is 11.5 Å². The van der Waals surface area contributed by atoms with Crippen molar-refractivity contribution in [2.75, 3.05) is 26.6 Å².